The first-order valence-electron chi connectivity index (χ1n) is 7.94. The molecule has 0 unspecified atom stereocenters. The summed E-state index contributed by atoms with van der Waals surface area (Å²) in [6.07, 6.45) is 2.07. The number of aryl methyl sites for hydroxylation is 3. The topological polar surface area (TPSA) is 34.4 Å². The average molecular weight is 391 g/mol. The summed E-state index contributed by atoms with van der Waals surface area (Å²) in [6, 6.07) is 11.7. The van der Waals surface area contributed by atoms with Gasteiger partial charge in [-0.25, -0.2) is 0 Å². The molecule has 130 valence electrons. The van der Waals surface area contributed by atoms with Crippen LogP contribution >= 0.6 is 34.7 Å². The predicted octanol–water partition coefficient (Wildman–Crippen LogP) is 5.08. The highest BCUT2D eigenvalue weighted by Gasteiger charge is 2.11. The summed E-state index contributed by atoms with van der Waals surface area (Å²) < 4.78 is 3.15. The molecule has 0 bridgehead atoms. The molecule has 0 radical (unpaired) electrons. The van der Waals surface area contributed by atoms with E-state index in [2.05, 4.69) is 15.8 Å². The highest BCUT2D eigenvalue weighted by molar-refractivity contribution is 7.98. The Hall–Kier alpha value is -1.56. The molecule has 3 aromatic rings. The third kappa shape index (κ3) is 4.00. The van der Waals surface area contributed by atoms with Crippen LogP contribution in [0, 0.1) is 13.8 Å². The van der Waals surface area contributed by atoms with Gasteiger partial charge in [-0.05, 0) is 49.9 Å². The molecule has 1 heterocycles. The van der Waals surface area contributed by atoms with Crippen molar-refractivity contribution >= 4 is 50.8 Å². The van der Waals surface area contributed by atoms with Crippen molar-refractivity contribution in [3.05, 3.63) is 62.9 Å². The number of thioether (sulfide) groups is 1. The van der Waals surface area contributed by atoms with Gasteiger partial charge in [-0.2, -0.15) is 16.8 Å². The Bertz CT molecular complexity index is 1000. The van der Waals surface area contributed by atoms with Crippen LogP contribution in [0.1, 0.15) is 21.5 Å². The molecule has 3 rings (SSSR count). The van der Waals surface area contributed by atoms with Gasteiger partial charge >= 0.3 is 0 Å². The SMILES string of the molecule is CSCCn1c(=NC(=O)c2cc(C)ccc2C)sc2cc(Cl)ccc21. The first-order chi connectivity index (χ1) is 12.0. The van der Waals surface area contributed by atoms with E-state index in [0.717, 1.165) is 38.4 Å². The Morgan fingerprint density at radius 2 is 2.04 bits per heavy atom. The lowest BCUT2D eigenvalue weighted by Crippen LogP contribution is -2.18. The van der Waals surface area contributed by atoms with E-state index in [1.54, 1.807) is 11.8 Å². The number of nitrogens with zero attached hydrogens (tertiary/aromatic N) is 2. The Labute approximate surface area is 160 Å². The van der Waals surface area contributed by atoms with Crippen LogP contribution in [0.4, 0.5) is 0 Å². The highest BCUT2D eigenvalue weighted by Crippen LogP contribution is 2.22. The van der Waals surface area contributed by atoms with Gasteiger partial charge < -0.3 is 4.57 Å². The van der Waals surface area contributed by atoms with Crippen LogP contribution in [0.3, 0.4) is 0 Å². The van der Waals surface area contributed by atoms with Crippen LogP contribution in [-0.4, -0.2) is 22.5 Å². The normalized spacial score (nSPS) is 12.1. The lowest BCUT2D eigenvalue weighted by molar-refractivity contribution is 0.0997. The summed E-state index contributed by atoms with van der Waals surface area (Å²) >= 11 is 9.39. The molecule has 0 aliphatic rings. The molecule has 0 aliphatic carbocycles. The van der Waals surface area contributed by atoms with Gasteiger partial charge in [0.25, 0.3) is 5.91 Å². The van der Waals surface area contributed by atoms with Crippen molar-refractivity contribution in [2.24, 2.45) is 4.99 Å². The van der Waals surface area contributed by atoms with Gasteiger partial charge in [0.1, 0.15) is 0 Å². The van der Waals surface area contributed by atoms with Crippen LogP contribution in [0.5, 0.6) is 0 Å². The zero-order chi connectivity index (χ0) is 18.0. The zero-order valence-electron chi connectivity index (χ0n) is 14.4. The van der Waals surface area contributed by atoms with E-state index in [1.165, 1.54) is 11.3 Å². The van der Waals surface area contributed by atoms with E-state index in [4.69, 9.17) is 11.6 Å². The fourth-order valence-corrected chi connectivity index (χ4v) is 4.34. The fourth-order valence-electron chi connectivity index (χ4n) is 2.64. The molecule has 0 aliphatic heterocycles. The number of benzene rings is 2. The standard InChI is InChI=1S/C19H19ClN2OS2/c1-12-4-5-13(2)15(10-12)18(23)21-19-22(8-9-24-3)16-7-6-14(20)11-17(16)25-19/h4-7,10-11H,8-9H2,1-3H3. The maximum absolute atomic E-state index is 12.8. The van der Waals surface area contributed by atoms with Crippen molar-refractivity contribution in [3.8, 4) is 0 Å². The van der Waals surface area contributed by atoms with Gasteiger partial charge in [0.05, 0.1) is 10.2 Å². The lowest BCUT2D eigenvalue weighted by Gasteiger charge is -2.05. The number of aromatic nitrogens is 1. The van der Waals surface area contributed by atoms with E-state index in [9.17, 15) is 4.79 Å². The molecule has 0 atom stereocenters. The first kappa shape index (κ1) is 18.2. The molecule has 0 saturated heterocycles. The van der Waals surface area contributed by atoms with E-state index < -0.39 is 0 Å². The summed E-state index contributed by atoms with van der Waals surface area (Å²) in [7, 11) is 0. The Balaban J connectivity index is 2.14. The molecular weight excluding hydrogens is 372 g/mol. The van der Waals surface area contributed by atoms with Gasteiger partial charge in [-0.3, -0.25) is 4.79 Å². The number of amides is 1. The minimum Gasteiger partial charge on any atom is -0.316 e. The van der Waals surface area contributed by atoms with Crippen LogP contribution in [-0.2, 0) is 6.54 Å². The van der Waals surface area contributed by atoms with Crippen molar-refractivity contribution in [1.82, 2.24) is 4.57 Å². The maximum Gasteiger partial charge on any atom is 0.279 e. The number of rotatable bonds is 4. The highest BCUT2D eigenvalue weighted by atomic mass is 35.5. The van der Waals surface area contributed by atoms with Crippen molar-refractivity contribution < 1.29 is 4.79 Å². The first-order valence-corrected chi connectivity index (χ1v) is 10.5. The van der Waals surface area contributed by atoms with Crippen LogP contribution in [0.25, 0.3) is 10.2 Å². The van der Waals surface area contributed by atoms with E-state index >= 15 is 0 Å². The molecule has 0 fully saturated rings. The van der Waals surface area contributed by atoms with Crippen molar-refractivity contribution in [1.29, 1.82) is 0 Å². The molecule has 0 N–H and O–H groups in total. The second-order valence-corrected chi connectivity index (χ2v) is 8.31. The summed E-state index contributed by atoms with van der Waals surface area (Å²) in [4.78, 5) is 17.9. The molecule has 0 saturated carbocycles. The number of carbonyl (C=O) groups is 1. The predicted molar refractivity (Wildman–Crippen MR) is 109 cm³/mol. The third-order valence-electron chi connectivity index (χ3n) is 3.98. The largest absolute Gasteiger partial charge is 0.316 e. The summed E-state index contributed by atoms with van der Waals surface area (Å²) in [6.45, 7) is 4.73. The van der Waals surface area contributed by atoms with Crippen molar-refractivity contribution in [2.45, 2.75) is 20.4 Å². The zero-order valence-corrected chi connectivity index (χ0v) is 16.8. The van der Waals surface area contributed by atoms with Gasteiger partial charge in [0.15, 0.2) is 4.80 Å². The Kier molecular flexibility index (Phi) is 5.67. The summed E-state index contributed by atoms with van der Waals surface area (Å²) in [5, 5.41) is 0.693. The number of thiazole rings is 1. The van der Waals surface area contributed by atoms with Crippen molar-refractivity contribution in [2.75, 3.05) is 12.0 Å². The third-order valence-corrected chi connectivity index (χ3v) is 5.85. The van der Waals surface area contributed by atoms with Crippen molar-refractivity contribution in [3.63, 3.8) is 0 Å². The van der Waals surface area contributed by atoms with Crippen LogP contribution < -0.4 is 4.80 Å². The molecule has 1 aromatic heterocycles. The van der Waals surface area contributed by atoms with E-state index in [1.807, 2.05) is 50.2 Å². The number of halogens is 1. The number of hydrogen-bond acceptors (Lipinski definition) is 3. The van der Waals surface area contributed by atoms with Crippen LogP contribution in [0.15, 0.2) is 41.4 Å². The summed E-state index contributed by atoms with van der Waals surface area (Å²) in [5.74, 6) is 0.760. The Morgan fingerprint density at radius 1 is 1.24 bits per heavy atom. The number of fused-ring (bicyclic) bond motifs is 1. The van der Waals surface area contributed by atoms with Crippen LogP contribution in [0.2, 0.25) is 5.02 Å². The molecule has 0 spiro atoms. The molecule has 1 amide bonds. The number of carbonyl (C=O) groups excluding carboxylic acids is 1. The number of hydrogen-bond donors (Lipinski definition) is 0. The molecule has 3 nitrogen and oxygen atoms in total. The second-order valence-electron chi connectivity index (χ2n) is 5.88. The molecule has 2 aromatic carbocycles. The van der Waals surface area contributed by atoms with E-state index in [-0.39, 0.29) is 5.91 Å². The van der Waals surface area contributed by atoms with Gasteiger partial charge in [0.2, 0.25) is 0 Å². The molecule has 6 heteroatoms. The minimum absolute atomic E-state index is 0.197. The lowest BCUT2D eigenvalue weighted by atomic mass is 10.1. The summed E-state index contributed by atoms with van der Waals surface area (Å²) in [5.41, 5.74) is 3.73. The monoisotopic (exact) mass is 390 g/mol. The van der Waals surface area contributed by atoms with Gasteiger partial charge in [0, 0.05) is 22.9 Å². The van der Waals surface area contributed by atoms with E-state index in [0.29, 0.717) is 10.6 Å². The molecule has 25 heavy (non-hydrogen) atoms. The fraction of sp³-hybridized carbons (Fsp3) is 0.263. The minimum atomic E-state index is -0.197. The second kappa shape index (κ2) is 7.77. The quantitative estimate of drug-likeness (QED) is 0.622. The van der Waals surface area contributed by atoms with Gasteiger partial charge in [-0.15, -0.1) is 0 Å². The van der Waals surface area contributed by atoms with Gasteiger partial charge in [-0.1, -0.05) is 40.6 Å². The Morgan fingerprint density at radius 3 is 2.80 bits per heavy atom. The molecular formula is C19H19ClN2OS2. The smallest absolute Gasteiger partial charge is 0.279 e. The maximum atomic E-state index is 12.8. The average Bonchev–Trinajstić information content (AvgIpc) is 2.91.